The molecule has 2 aromatic rings. The zero-order valence-electron chi connectivity index (χ0n) is 9.98. The fraction of sp³-hybridized carbons (Fsp3) is 0.214. The van der Waals surface area contributed by atoms with Crippen molar-refractivity contribution in [3.63, 3.8) is 0 Å². The molecule has 2 rings (SSSR count). The number of halogens is 1. The molecule has 1 aromatic carbocycles. The quantitative estimate of drug-likeness (QED) is 0.911. The van der Waals surface area contributed by atoms with E-state index in [1.54, 1.807) is 17.4 Å². The fourth-order valence-corrected chi connectivity index (χ4v) is 2.44. The van der Waals surface area contributed by atoms with Crippen LogP contribution in [0, 0.1) is 17.1 Å². The van der Waals surface area contributed by atoms with E-state index in [1.807, 2.05) is 30.5 Å². The fourth-order valence-electron chi connectivity index (χ4n) is 1.68. The second-order valence-corrected chi connectivity index (χ2v) is 5.02. The van der Waals surface area contributed by atoms with Crippen LogP contribution in [0.1, 0.15) is 29.0 Å². The SMILES string of the molecule is C[C@H](NCc1cc(C#N)ccc1F)c1cccs1. The van der Waals surface area contributed by atoms with Gasteiger partial charge < -0.3 is 5.32 Å². The zero-order valence-corrected chi connectivity index (χ0v) is 10.8. The van der Waals surface area contributed by atoms with E-state index in [0.29, 0.717) is 17.7 Å². The van der Waals surface area contributed by atoms with Gasteiger partial charge in [0, 0.05) is 23.0 Å². The second kappa shape index (κ2) is 5.76. The third-order valence-electron chi connectivity index (χ3n) is 2.74. The molecule has 0 aliphatic carbocycles. The average molecular weight is 260 g/mol. The van der Waals surface area contributed by atoms with Crippen LogP contribution in [0.5, 0.6) is 0 Å². The highest BCUT2D eigenvalue weighted by Gasteiger charge is 2.08. The van der Waals surface area contributed by atoms with Gasteiger partial charge in [0.25, 0.3) is 0 Å². The van der Waals surface area contributed by atoms with Crippen LogP contribution < -0.4 is 5.32 Å². The molecule has 0 amide bonds. The second-order valence-electron chi connectivity index (χ2n) is 4.04. The standard InChI is InChI=1S/C14H13FN2S/c1-10(14-3-2-6-18-14)17-9-12-7-11(8-16)4-5-13(12)15/h2-7,10,17H,9H2,1H3/t10-/m0/s1. The summed E-state index contributed by atoms with van der Waals surface area (Å²) in [5.41, 5.74) is 1.01. The van der Waals surface area contributed by atoms with Gasteiger partial charge in [-0.05, 0) is 36.6 Å². The van der Waals surface area contributed by atoms with Crippen LogP contribution in [0.2, 0.25) is 0 Å². The molecule has 92 valence electrons. The molecular formula is C14H13FN2S. The van der Waals surface area contributed by atoms with E-state index >= 15 is 0 Å². The summed E-state index contributed by atoms with van der Waals surface area (Å²) in [6.07, 6.45) is 0. The highest BCUT2D eigenvalue weighted by atomic mass is 32.1. The Morgan fingerprint density at radius 2 is 2.28 bits per heavy atom. The van der Waals surface area contributed by atoms with E-state index in [0.717, 1.165) is 0 Å². The van der Waals surface area contributed by atoms with E-state index < -0.39 is 0 Å². The summed E-state index contributed by atoms with van der Waals surface area (Å²) in [5.74, 6) is -0.278. The van der Waals surface area contributed by atoms with Crippen molar-refractivity contribution in [3.05, 3.63) is 57.5 Å². The Morgan fingerprint density at radius 3 is 2.94 bits per heavy atom. The van der Waals surface area contributed by atoms with Crippen molar-refractivity contribution < 1.29 is 4.39 Å². The molecule has 0 radical (unpaired) electrons. The lowest BCUT2D eigenvalue weighted by molar-refractivity contribution is 0.549. The summed E-state index contributed by atoms with van der Waals surface area (Å²) in [7, 11) is 0. The number of hydrogen-bond acceptors (Lipinski definition) is 3. The molecule has 0 saturated carbocycles. The summed E-state index contributed by atoms with van der Waals surface area (Å²) in [5, 5.41) is 14.1. The molecule has 0 fully saturated rings. The highest BCUT2D eigenvalue weighted by molar-refractivity contribution is 7.10. The van der Waals surface area contributed by atoms with E-state index in [1.165, 1.54) is 17.0 Å². The van der Waals surface area contributed by atoms with Crippen LogP contribution in [0.3, 0.4) is 0 Å². The minimum atomic E-state index is -0.278. The minimum Gasteiger partial charge on any atom is -0.305 e. The lowest BCUT2D eigenvalue weighted by Gasteiger charge is -2.12. The van der Waals surface area contributed by atoms with Crippen LogP contribution in [0.4, 0.5) is 4.39 Å². The summed E-state index contributed by atoms with van der Waals surface area (Å²) < 4.78 is 13.6. The number of rotatable bonds is 4. The van der Waals surface area contributed by atoms with Crippen molar-refractivity contribution in [1.82, 2.24) is 5.32 Å². The van der Waals surface area contributed by atoms with Crippen molar-refractivity contribution in [2.45, 2.75) is 19.5 Å². The first-order valence-corrected chi connectivity index (χ1v) is 6.54. The zero-order chi connectivity index (χ0) is 13.0. The summed E-state index contributed by atoms with van der Waals surface area (Å²) in [6.45, 7) is 2.46. The molecule has 2 nitrogen and oxygen atoms in total. The molecule has 18 heavy (non-hydrogen) atoms. The molecule has 0 unspecified atom stereocenters. The molecule has 1 aromatic heterocycles. The lowest BCUT2D eigenvalue weighted by atomic mass is 10.1. The maximum atomic E-state index is 13.6. The highest BCUT2D eigenvalue weighted by Crippen LogP contribution is 2.19. The minimum absolute atomic E-state index is 0.176. The Balaban J connectivity index is 2.04. The Labute approximate surface area is 110 Å². The van der Waals surface area contributed by atoms with Crippen molar-refractivity contribution >= 4 is 11.3 Å². The number of nitrogens with one attached hydrogen (secondary N) is 1. The molecule has 0 aliphatic heterocycles. The monoisotopic (exact) mass is 260 g/mol. The molecule has 0 saturated heterocycles. The molecule has 1 heterocycles. The Hall–Kier alpha value is -1.70. The van der Waals surface area contributed by atoms with Gasteiger partial charge in [-0.15, -0.1) is 11.3 Å². The predicted molar refractivity (Wildman–Crippen MR) is 70.7 cm³/mol. The van der Waals surface area contributed by atoms with Crippen molar-refractivity contribution in [1.29, 1.82) is 5.26 Å². The normalized spacial score (nSPS) is 12.1. The van der Waals surface area contributed by atoms with Crippen molar-refractivity contribution in [2.75, 3.05) is 0 Å². The van der Waals surface area contributed by atoms with Gasteiger partial charge in [-0.2, -0.15) is 5.26 Å². The maximum Gasteiger partial charge on any atom is 0.127 e. The summed E-state index contributed by atoms with van der Waals surface area (Å²) >= 11 is 1.67. The summed E-state index contributed by atoms with van der Waals surface area (Å²) in [4.78, 5) is 1.21. The third-order valence-corrected chi connectivity index (χ3v) is 3.80. The van der Waals surface area contributed by atoms with Gasteiger partial charge in [0.1, 0.15) is 5.82 Å². The van der Waals surface area contributed by atoms with Crippen molar-refractivity contribution in [2.24, 2.45) is 0 Å². The van der Waals surface area contributed by atoms with Crippen LogP contribution >= 0.6 is 11.3 Å². The van der Waals surface area contributed by atoms with Crippen molar-refractivity contribution in [3.8, 4) is 6.07 Å². The van der Waals surface area contributed by atoms with Crippen LogP contribution in [0.15, 0.2) is 35.7 Å². The van der Waals surface area contributed by atoms with E-state index in [-0.39, 0.29) is 11.9 Å². The molecule has 4 heteroatoms. The molecular weight excluding hydrogens is 247 g/mol. The van der Waals surface area contributed by atoms with Gasteiger partial charge in [0.15, 0.2) is 0 Å². The number of thiophene rings is 1. The Bertz CT molecular complexity index is 558. The van der Waals surface area contributed by atoms with Crippen LogP contribution in [0.25, 0.3) is 0 Å². The average Bonchev–Trinajstić information content (AvgIpc) is 2.91. The Kier molecular flexibility index (Phi) is 4.08. The number of benzene rings is 1. The van der Waals surface area contributed by atoms with Crippen LogP contribution in [-0.4, -0.2) is 0 Å². The van der Waals surface area contributed by atoms with Crippen LogP contribution in [-0.2, 0) is 6.54 Å². The van der Waals surface area contributed by atoms with E-state index in [2.05, 4.69) is 5.32 Å². The maximum absolute atomic E-state index is 13.6. The molecule has 1 atom stereocenters. The lowest BCUT2D eigenvalue weighted by Crippen LogP contribution is -2.18. The van der Waals surface area contributed by atoms with Gasteiger partial charge >= 0.3 is 0 Å². The van der Waals surface area contributed by atoms with Gasteiger partial charge in [0.2, 0.25) is 0 Å². The third kappa shape index (κ3) is 2.95. The van der Waals surface area contributed by atoms with Gasteiger partial charge in [0.05, 0.1) is 11.6 Å². The van der Waals surface area contributed by atoms with Gasteiger partial charge in [-0.3, -0.25) is 0 Å². The number of nitrogens with zero attached hydrogens (tertiary/aromatic N) is 1. The first-order chi connectivity index (χ1) is 8.70. The number of nitriles is 1. The summed E-state index contributed by atoms with van der Waals surface area (Å²) in [6, 6.07) is 10.6. The van der Waals surface area contributed by atoms with E-state index in [4.69, 9.17) is 5.26 Å². The first kappa shape index (κ1) is 12.7. The van der Waals surface area contributed by atoms with Gasteiger partial charge in [-0.25, -0.2) is 4.39 Å². The first-order valence-electron chi connectivity index (χ1n) is 5.66. The molecule has 0 bridgehead atoms. The smallest absolute Gasteiger partial charge is 0.127 e. The number of hydrogen-bond donors (Lipinski definition) is 1. The predicted octanol–water partition coefficient (Wildman–Crippen LogP) is 3.61. The Morgan fingerprint density at radius 1 is 1.44 bits per heavy atom. The molecule has 1 N–H and O–H groups in total. The van der Waals surface area contributed by atoms with E-state index in [9.17, 15) is 4.39 Å². The van der Waals surface area contributed by atoms with Gasteiger partial charge in [-0.1, -0.05) is 6.07 Å². The largest absolute Gasteiger partial charge is 0.305 e. The molecule has 0 spiro atoms. The molecule has 0 aliphatic rings. The topological polar surface area (TPSA) is 35.8 Å².